The molecular weight excluding hydrogens is 551 g/mol. The van der Waals surface area contributed by atoms with E-state index in [4.69, 9.17) is 20.2 Å². The highest BCUT2D eigenvalue weighted by Crippen LogP contribution is 2.40. The second kappa shape index (κ2) is 10.7. The van der Waals surface area contributed by atoms with Gasteiger partial charge in [-0.15, -0.1) is 0 Å². The highest BCUT2D eigenvalue weighted by Gasteiger charge is 2.39. The third-order valence-electron chi connectivity index (χ3n) is 8.13. The Hall–Kier alpha value is -4.35. The van der Waals surface area contributed by atoms with Gasteiger partial charge in [-0.1, -0.05) is 19.1 Å². The number of benzene rings is 1. The lowest BCUT2D eigenvalue weighted by Crippen LogP contribution is -2.37. The van der Waals surface area contributed by atoms with E-state index in [-0.39, 0.29) is 18.5 Å². The standard InChI is InChI=1S/C32H35FN6O4/c1-31(2,3)43-30(41)39-18-21-20(25-17-35-27-15-19(33)9-12-38(25)27)5-7-23(28(21)29(39)40)36-26-8-6-22(24(16-34)37-26)32(4)10-13-42-14-11-32/h5-9,12,15,17H,10-11,13-14,16,18,34H2,1-4H3,(H,36,37). The summed E-state index contributed by atoms with van der Waals surface area (Å²) in [5.41, 5.74) is 10.4. The van der Waals surface area contributed by atoms with Gasteiger partial charge in [0.2, 0.25) is 0 Å². The van der Waals surface area contributed by atoms with E-state index in [0.29, 0.717) is 52.8 Å². The van der Waals surface area contributed by atoms with Gasteiger partial charge in [0, 0.05) is 37.6 Å². The van der Waals surface area contributed by atoms with E-state index in [0.717, 1.165) is 29.0 Å². The predicted molar refractivity (Wildman–Crippen MR) is 160 cm³/mol. The van der Waals surface area contributed by atoms with Gasteiger partial charge in [-0.2, -0.15) is 0 Å². The molecule has 6 rings (SSSR count). The molecule has 2 aliphatic heterocycles. The van der Waals surface area contributed by atoms with Crippen LogP contribution < -0.4 is 11.1 Å². The molecule has 3 aromatic heterocycles. The normalized spacial score (nSPS) is 16.4. The summed E-state index contributed by atoms with van der Waals surface area (Å²) in [5.74, 6) is -0.357. The van der Waals surface area contributed by atoms with Gasteiger partial charge in [0.15, 0.2) is 0 Å². The Labute approximate surface area is 249 Å². The Morgan fingerprint density at radius 1 is 1.19 bits per heavy atom. The fraction of sp³-hybridized carbons (Fsp3) is 0.375. The van der Waals surface area contributed by atoms with Crippen LogP contribution in [0.25, 0.3) is 16.9 Å². The van der Waals surface area contributed by atoms with E-state index in [1.807, 2.05) is 18.2 Å². The summed E-state index contributed by atoms with van der Waals surface area (Å²) in [6, 6.07) is 10.3. The number of fused-ring (bicyclic) bond motifs is 2. The average molecular weight is 587 g/mol. The zero-order chi connectivity index (χ0) is 30.5. The number of ether oxygens (including phenoxy) is 2. The summed E-state index contributed by atoms with van der Waals surface area (Å²) in [6.45, 7) is 9.11. The number of hydrogen-bond donors (Lipinski definition) is 2. The van der Waals surface area contributed by atoms with Crippen molar-refractivity contribution in [1.82, 2.24) is 19.3 Å². The highest BCUT2D eigenvalue weighted by molar-refractivity contribution is 6.11. The minimum absolute atomic E-state index is 0.00318. The molecule has 224 valence electrons. The minimum Gasteiger partial charge on any atom is -0.443 e. The van der Waals surface area contributed by atoms with Crippen molar-refractivity contribution in [2.24, 2.45) is 5.73 Å². The number of amides is 2. The van der Waals surface area contributed by atoms with Crippen molar-refractivity contribution in [3.8, 4) is 11.3 Å². The van der Waals surface area contributed by atoms with Crippen molar-refractivity contribution in [3.05, 3.63) is 77.0 Å². The maximum absolute atomic E-state index is 13.9. The van der Waals surface area contributed by atoms with Gasteiger partial charge in [0.05, 0.1) is 35.4 Å². The molecular formula is C32H35FN6O4. The Morgan fingerprint density at radius 3 is 2.67 bits per heavy atom. The number of hydrogen-bond acceptors (Lipinski definition) is 8. The van der Waals surface area contributed by atoms with Crippen molar-refractivity contribution >= 4 is 29.2 Å². The van der Waals surface area contributed by atoms with E-state index in [1.165, 1.54) is 12.1 Å². The van der Waals surface area contributed by atoms with E-state index >= 15 is 0 Å². The van der Waals surface area contributed by atoms with Gasteiger partial charge < -0.3 is 20.5 Å². The third-order valence-corrected chi connectivity index (χ3v) is 8.13. The monoisotopic (exact) mass is 586 g/mol. The van der Waals surface area contributed by atoms with Crippen molar-refractivity contribution in [2.75, 3.05) is 18.5 Å². The third kappa shape index (κ3) is 5.34. The first-order valence-corrected chi connectivity index (χ1v) is 14.4. The topological polar surface area (TPSA) is 124 Å². The molecule has 0 atom stereocenters. The summed E-state index contributed by atoms with van der Waals surface area (Å²) in [7, 11) is 0. The van der Waals surface area contributed by atoms with Gasteiger partial charge in [-0.05, 0) is 68.4 Å². The van der Waals surface area contributed by atoms with Crippen molar-refractivity contribution < 1.29 is 23.5 Å². The number of nitrogens with two attached hydrogens (primary N) is 1. The number of anilines is 2. The molecule has 1 fully saturated rings. The number of nitrogens with one attached hydrogen (secondary N) is 1. The van der Waals surface area contributed by atoms with Crippen LogP contribution in [0.5, 0.6) is 0 Å². The highest BCUT2D eigenvalue weighted by atomic mass is 19.1. The minimum atomic E-state index is -0.785. The quantitative estimate of drug-likeness (QED) is 0.305. The molecule has 1 saturated heterocycles. The number of imide groups is 1. The number of aromatic nitrogens is 3. The molecule has 2 aliphatic rings. The fourth-order valence-corrected chi connectivity index (χ4v) is 5.89. The van der Waals surface area contributed by atoms with Crippen LogP contribution in [0.15, 0.2) is 48.8 Å². The fourth-order valence-electron chi connectivity index (χ4n) is 5.89. The summed E-state index contributed by atoms with van der Waals surface area (Å²) in [6.07, 6.45) is 4.25. The van der Waals surface area contributed by atoms with Gasteiger partial charge in [-0.3, -0.25) is 9.20 Å². The van der Waals surface area contributed by atoms with Gasteiger partial charge >= 0.3 is 6.09 Å². The first-order valence-electron chi connectivity index (χ1n) is 14.4. The van der Waals surface area contributed by atoms with Crippen molar-refractivity contribution in [3.63, 3.8) is 0 Å². The number of halogens is 1. The molecule has 0 spiro atoms. The molecule has 2 amide bonds. The maximum Gasteiger partial charge on any atom is 0.417 e. The molecule has 0 unspecified atom stereocenters. The lowest BCUT2D eigenvalue weighted by molar-refractivity contribution is 0.0248. The van der Waals surface area contributed by atoms with Gasteiger partial charge in [0.25, 0.3) is 5.91 Å². The number of carbonyl (C=O) groups is 2. The number of pyridine rings is 2. The first-order chi connectivity index (χ1) is 20.5. The largest absolute Gasteiger partial charge is 0.443 e. The van der Waals surface area contributed by atoms with Crippen LogP contribution in [0.3, 0.4) is 0 Å². The lowest BCUT2D eigenvalue weighted by Gasteiger charge is -2.35. The molecule has 0 saturated carbocycles. The molecule has 3 N–H and O–H groups in total. The van der Waals surface area contributed by atoms with Crippen molar-refractivity contribution in [2.45, 2.75) is 64.6 Å². The summed E-state index contributed by atoms with van der Waals surface area (Å²) in [5, 5.41) is 3.31. The Kier molecular flexibility index (Phi) is 7.18. The second-order valence-electron chi connectivity index (χ2n) is 12.3. The second-order valence-corrected chi connectivity index (χ2v) is 12.3. The molecule has 0 aliphatic carbocycles. The number of rotatable bonds is 5. The number of nitrogens with zero attached hydrogens (tertiary/aromatic N) is 4. The molecule has 1 aromatic carbocycles. The van der Waals surface area contributed by atoms with Crippen LogP contribution in [0.4, 0.5) is 20.7 Å². The van der Waals surface area contributed by atoms with Crippen LogP contribution in [-0.4, -0.2) is 50.1 Å². The SMILES string of the molecule is CC(C)(C)OC(=O)N1Cc2c(-c3cnc4cc(F)ccn34)ccc(Nc3ccc(C4(C)CCOCC4)c(CN)n3)c2C1=O. The Morgan fingerprint density at radius 2 is 1.95 bits per heavy atom. The Balaban J connectivity index is 1.41. The Bertz CT molecular complexity index is 1740. The summed E-state index contributed by atoms with van der Waals surface area (Å²) < 4.78 is 26.8. The van der Waals surface area contributed by atoms with E-state index in [1.54, 1.807) is 43.6 Å². The summed E-state index contributed by atoms with van der Waals surface area (Å²) in [4.78, 5) is 37.3. The van der Waals surface area contributed by atoms with Crippen LogP contribution in [0.2, 0.25) is 0 Å². The van der Waals surface area contributed by atoms with Gasteiger partial charge in [-0.25, -0.2) is 24.1 Å². The predicted octanol–water partition coefficient (Wildman–Crippen LogP) is 5.70. The van der Waals surface area contributed by atoms with Gasteiger partial charge in [0.1, 0.15) is 22.9 Å². The van der Waals surface area contributed by atoms with Crippen LogP contribution in [-0.2, 0) is 28.0 Å². The van der Waals surface area contributed by atoms with E-state index in [9.17, 15) is 14.0 Å². The summed E-state index contributed by atoms with van der Waals surface area (Å²) >= 11 is 0. The molecule has 43 heavy (non-hydrogen) atoms. The molecule has 4 aromatic rings. The number of imidazole rings is 1. The first kappa shape index (κ1) is 28.8. The molecule has 5 heterocycles. The molecule has 11 heteroatoms. The zero-order valence-corrected chi connectivity index (χ0v) is 24.7. The van der Waals surface area contributed by atoms with Crippen LogP contribution >= 0.6 is 0 Å². The van der Waals surface area contributed by atoms with E-state index < -0.39 is 23.4 Å². The maximum atomic E-state index is 13.9. The average Bonchev–Trinajstić information content (AvgIpc) is 3.53. The van der Waals surface area contributed by atoms with E-state index in [2.05, 4.69) is 17.2 Å². The zero-order valence-electron chi connectivity index (χ0n) is 24.7. The molecule has 0 bridgehead atoms. The smallest absolute Gasteiger partial charge is 0.417 e. The lowest BCUT2D eigenvalue weighted by atomic mass is 9.75. The number of carbonyl (C=O) groups excluding carboxylic acids is 2. The van der Waals surface area contributed by atoms with Crippen LogP contribution in [0, 0.1) is 5.82 Å². The van der Waals surface area contributed by atoms with Crippen LogP contribution in [0.1, 0.15) is 67.7 Å². The molecule has 0 radical (unpaired) electrons. The van der Waals surface area contributed by atoms with Crippen molar-refractivity contribution in [1.29, 1.82) is 0 Å². The molecule has 10 nitrogen and oxygen atoms in total.